The molecule has 3 nitrogen and oxygen atoms in total. The lowest BCUT2D eigenvalue weighted by Crippen LogP contribution is -2.60. The van der Waals surface area contributed by atoms with Crippen LogP contribution in [0.2, 0.25) is 0 Å². The summed E-state index contributed by atoms with van der Waals surface area (Å²) in [7, 11) is 0. The highest BCUT2D eigenvalue weighted by molar-refractivity contribution is 5.82. The fourth-order valence-electron chi connectivity index (χ4n) is 2.12. The molecule has 1 aliphatic rings. The zero-order valence-electron chi connectivity index (χ0n) is 8.72. The van der Waals surface area contributed by atoms with E-state index in [1.165, 1.54) is 0 Å². The van der Waals surface area contributed by atoms with Gasteiger partial charge in [-0.2, -0.15) is 0 Å². The fraction of sp³-hybridized carbons (Fsp3) is 0.900. The molecule has 0 spiro atoms. The second-order valence-corrected chi connectivity index (χ2v) is 3.85. The van der Waals surface area contributed by atoms with Gasteiger partial charge >= 0.3 is 5.97 Å². The molecular formula is C10H19NO2. The van der Waals surface area contributed by atoms with Crippen LogP contribution in [0.1, 0.15) is 33.6 Å². The van der Waals surface area contributed by atoms with Gasteiger partial charge in [-0.1, -0.05) is 13.8 Å². The van der Waals surface area contributed by atoms with Crippen LogP contribution in [0.4, 0.5) is 0 Å². The molecular weight excluding hydrogens is 166 g/mol. The van der Waals surface area contributed by atoms with Crippen LogP contribution in [-0.2, 0) is 9.53 Å². The second-order valence-electron chi connectivity index (χ2n) is 3.85. The van der Waals surface area contributed by atoms with Gasteiger partial charge in [-0.05, 0) is 32.2 Å². The SMILES string of the molecule is CCNC1(C(=O)OCC)CC(C)C1. The lowest BCUT2D eigenvalue weighted by molar-refractivity contribution is -0.157. The predicted octanol–water partition coefficient (Wildman–Crippen LogP) is 1.33. The van der Waals surface area contributed by atoms with E-state index < -0.39 is 0 Å². The van der Waals surface area contributed by atoms with Gasteiger partial charge in [0.1, 0.15) is 5.54 Å². The van der Waals surface area contributed by atoms with Gasteiger partial charge in [0, 0.05) is 0 Å². The van der Waals surface area contributed by atoms with Gasteiger partial charge < -0.3 is 10.1 Å². The Morgan fingerprint density at radius 2 is 2.15 bits per heavy atom. The molecule has 0 unspecified atom stereocenters. The number of esters is 1. The summed E-state index contributed by atoms with van der Waals surface area (Å²) in [5.41, 5.74) is -0.357. The van der Waals surface area contributed by atoms with Gasteiger partial charge in [-0.15, -0.1) is 0 Å². The molecule has 0 heterocycles. The van der Waals surface area contributed by atoms with Crippen LogP contribution in [0.15, 0.2) is 0 Å². The molecule has 76 valence electrons. The van der Waals surface area contributed by atoms with Crippen molar-refractivity contribution in [3.63, 3.8) is 0 Å². The van der Waals surface area contributed by atoms with Gasteiger partial charge in [0.2, 0.25) is 0 Å². The molecule has 1 aliphatic carbocycles. The third-order valence-corrected chi connectivity index (χ3v) is 2.58. The van der Waals surface area contributed by atoms with E-state index in [2.05, 4.69) is 12.2 Å². The first-order valence-corrected chi connectivity index (χ1v) is 5.07. The number of carbonyl (C=O) groups is 1. The maximum absolute atomic E-state index is 11.6. The van der Waals surface area contributed by atoms with Crippen molar-refractivity contribution in [3.05, 3.63) is 0 Å². The minimum absolute atomic E-state index is 0.0741. The molecule has 1 fully saturated rings. The quantitative estimate of drug-likeness (QED) is 0.671. The number of hydrogen-bond donors (Lipinski definition) is 1. The lowest BCUT2D eigenvalue weighted by atomic mass is 9.69. The Bertz CT molecular complexity index is 180. The van der Waals surface area contributed by atoms with Crippen LogP contribution in [0.3, 0.4) is 0 Å². The molecule has 1 N–H and O–H groups in total. The Morgan fingerprint density at radius 3 is 2.54 bits per heavy atom. The number of ether oxygens (including phenoxy) is 1. The molecule has 0 amide bonds. The van der Waals surface area contributed by atoms with E-state index in [4.69, 9.17) is 4.74 Å². The van der Waals surface area contributed by atoms with Crippen LogP contribution in [0.25, 0.3) is 0 Å². The van der Waals surface area contributed by atoms with Gasteiger partial charge in [0.15, 0.2) is 0 Å². The van der Waals surface area contributed by atoms with Crippen molar-refractivity contribution >= 4 is 5.97 Å². The number of carbonyl (C=O) groups excluding carboxylic acids is 1. The van der Waals surface area contributed by atoms with Crippen LogP contribution in [0.5, 0.6) is 0 Å². The normalized spacial score (nSPS) is 32.4. The average molecular weight is 185 g/mol. The Hall–Kier alpha value is -0.570. The molecule has 0 atom stereocenters. The van der Waals surface area contributed by atoms with E-state index >= 15 is 0 Å². The van der Waals surface area contributed by atoms with E-state index in [-0.39, 0.29) is 11.5 Å². The summed E-state index contributed by atoms with van der Waals surface area (Å²) < 4.78 is 5.05. The highest BCUT2D eigenvalue weighted by Gasteiger charge is 2.48. The number of likely N-dealkylation sites (N-methyl/N-ethyl adjacent to an activating group) is 1. The smallest absolute Gasteiger partial charge is 0.326 e. The topological polar surface area (TPSA) is 38.3 Å². The minimum Gasteiger partial charge on any atom is -0.465 e. The first-order chi connectivity index (χ1) is 6.14. The van der Waals surface area contributed by atoms with Crippen LogP contribution < -0.4 is 5.32 Å². The minimum atomic E-state index is -0.357. The molecule has 1 saturated carbocycles. The summed E-state index contributed by atoms with van der Waals surface area (Å²) in [6.45, 7) is 7.32. The van der Waals surface area contributed by atoms with Crippen molar-refractivity contribution in [1.82, 2.24) is 5.32 Å². The third-order valence-electron chi connectivity index (χ3n) is 2.58. The summed E-state index contributed by atoms with van der Waals surface area (Å²) in [5, 5.41) is 3.24. The highest BCUT2D eigenvalue weighted by Crippen LogP contribution is 2.38. The van der Waals surface area contributed by atoms with E-state index in [1.807, 2.05) is 13.8 Å². The Labute approximate surface area is 79.8 Å². The number of nitrogens with one attached hydrogen (secondary N) is 1. The summed E-state index contributed by atoms with van der Waals surface area (Å²) in [4.78, 5) is 11.6. The van der Waals surface area contributed by atoms with Crippen molar-refractivity contribution < 1.29 is 9.53 Å². The zero-order chi connectivity index (χ0) is 9.90. The van der Waals surface area contributed by atoms with E-state index in [0.29, 0.717) is 12.5 Å². The molecule has 0 bridgehead atoms. The lowest BCUT2D eigenvalue weighted by Gasteiger charge is -2.44. The van der Waals surface area contributed by atoms with Gasteiger partial charge in [-0.3, -0.25) is 4.79 Å². The standard InChI is InChI=1S/C10H19NO2/c1-4-11-10(6-8(3)7-10)9(12)13-5-2/h8,11H,4-7H2,1-3H3. The van der Waals surface area contributed by atoms with Gasteiger partial charge in [-0.25, -0.2) is 0 Å². The maximum Gasteiger partial charge on any atom is 0.326 e. The van der Waals surface area contributed by atoms with Crippen molar-refractivity contribution in [2.75, 3.05) is 13.2 Å². The zero-order valence-corrected chi connectivity index (χ0v) is 8.72. The monoisotopic (exact) mass is 185 g/mol. The summed E-state index contributed by atoms with van der Waals surface area (Å²) in [6, 6.07) is 0. The molecule has 3 heteroatoms. The molecule has 0 aromatic carbocycles. The first kappa shape index (κ1) is 10.5. The molecule has 0 aromatic rings. The van der Waals surface area contributed by atoms with Crippen molar-refractivity contribution in [2.24, 2.45) is 5.92 Å². The third kappa shape index (κ3) is 2.02. The fourth-order valence-corrected chi connectivity index (χ4v) is 2.12. The Kier molecular flexibility index (Phi) is 3.31. The first-order valence-electron chi connectivity index (χ1n) is 5.07. The molecule has 0 radical (unpaired) electrons. The number of hydrogen-bond acceptors (Lipinski definition) is 3. The van der Waals surface area contributed by atoms with Crippen LogP contribution in [-0.4, -0.2) is 24.7 Å². The largest absolute Gasteiger partial charge is 0.465 e. The van der Waals surface area contributed by atoms with Crippen LogP contribution in [0, 0.1) is 5.92 Å². The van der Waals surface area contributed by atoms with Gasteiger partial charge in [0.05, 0.1) is 6.61 Å². The highest BCUT2D eigenvalue weighted by atomic mass is 16.5. The van der Waals surface area contributed by atoms with E-state index in [1.54, 1.807) is 0 Å². The van der Waals surface area contributed by atoms with Crippen molar-refractivity contribution in [2.45, 2.75) is 39.2 Å². The van der Waals surface area contributed by atoms with E-state index in [9.17, 15) is 4.79 Å². The van der Waals surface area contributed by atoms with E-state index in [0.717, 1.165) is 19.4 Å². The average Bonchev–Trinajstić information content (AvgIpc) is 2.02. The Morgan fingerprint density at radius 1 is 1.54 bits per heavy atom. The second kappa shape index (κ2) is 4.09. The van der Waals surface area contributed by atoms with Crippen molar-refractivity contribution in [1.29, 1.82) is 0 Å². The number of rotatable bonds is 4. The molecule has 0 saturated heterocycles. The van der Waals surface area contributed by atoms with Crippen molar-refractivity contribution in [3.8, 4) is 0 Å². The molecule has 0 aliphatic heterocycles. The summed E-state index contributed by atoms with van der Waals surface area (Å²) >= 11 is 0. The summed E-state index contributed by atoms with van der Waals surface area (Å²) in [5.74, 6) is 0.568. The van der Waals surface area contributed by atoms with Crippen LogP contribution >= 0.6 is 0 Å². The molecule has 13 heavy (non-hydrogen) atoms. The predicted molar refractivity (Wildman–Crippen MR) is 51.4 cm³/mol. The Balaban J connectivity index is 2.53. The molecule has 1 rings (SSSR count). The summed E-state index contributed by atoms with van der Waals surface area (Å²) in [6.07, 6.45) is 1.83. The van der Waals surface area contributed by atoms with Gasteiger partial charge in [0.25, 0.3) is 0 Å². The maximum atomic E-state index is 11.6. The molecule has 0 aromatic heterocycles.